The molecule has 0 atom stereocenters. The van der Waals surface area contributed by atoms with E-state index in [1.165, 1.54) is 0 Å². The molecule has 0 heterocycles. The smallest absolute Gasteiger partial charge is 0.416 e. The molecule has 0 aliphatic rings. The van der Waals surface area contributed by atoms with Crippen LogP contribution in [-0.4, -0.2) is 11.1 Å². The molecular formula is C10H7ClF3NO2. The Morgan fingerprint density at radius 1 is 1.41 bits per heavy atom. The van der Waals surface area contributed by atoms with Crippen molar-refractivity contribution in [2.45, 2.75) is 6.18 Å². The van der Waals surface area contributed by atoms with Gasteiger partial charge in [-0.3, -0.25) is 0 Å². The minimum Gasteiger partial charge on any atom is -0.478 e. The summed E-state index contributed by atoms with van der Waals surface area (Å²) in [6.07, 6.45) is -2.74. The highest BCUT2D eigenvalue weighted by Gasteiger charge is 2.30. The van der Waals surface area contributed by atoms with Gasteiger partial charge in [0.1, 0.15) is 0 Å². The minimum absolute atomic E-state index is 0.0148. The number of nitrogens with one attached hydrogen (secondary N) is 1. The number of hydrogen-bond donors (Lipinski definition) is 2. The summed E-state index contributed by atoms with van der Waals surface area (Å²) in [7, 11) is 0. The van der Waals surface area contributed by atoms with Crippen molar-refractivity contribution in [1.29, 1.82) is 0 Å². The molecule has 0 bridgehead atoms. The molecule has 0 fully saturated rings. The Bertz CT molecular complexity index is 457. The highest BCUT2D eigenvalue weighted by Crippen LogP contribution is 2.33. The van der Waals surface area contributed by atoms with E-state index in [-0.39, 0.29) is 10.7 Å². The topological polar surface area (TPSA) is 49.3 Å². The molecule has 1 rings (SSSR count). The Balaban J connectivity index is 2.95. The highest BCUT2D eigenvalue weighted by atomic mass is 35.5. The van der Waals surface area contributed by atoms with Crippen LogP contribution in [0.2, 0.25) is 5.02 Å². The van der Waals surface area contributed by atoms with Crippen LogP contribution in [0.15, 0.2) is 30.5 Å². The third-order valence-electron chi connectivity index (χ3n) is 1.76. The van der Waals surface area contributed by atoms with E-state index in [1.54, 1.807) is 0 Å². The number of anilines is 1. The fourth-order valence-electron chi connectivity index (χ4n) is 1.01. The first kappa shape index (κ1) is 13.4. The molecule has 2 N–H and O–H groups in total. The summed E-state index contributed by atoms with van der Waals surface area (Å²) in [5, 5.41) is 10.7. The zero-order chi connectivity index (χ0) is 13.1. The van der Waals surface area contributed by atoms with E-state index in [9.17, 15) is 18.0 Å². The Kier molecular flexibility index (Phi) is 4.01. The summed E-state index contributed by atoms with van der Waals surface area (Å²) in [4.78, 5) is 10.2. The normalized spacial score (nSPS) is 11.8. The van der Waals surface area contributed by atoms with Gasteiger partial charge in [-0.05, 0) is 18.2 Å². The van der Waals surface area contributed by atoms with E-state index in [2.05, 4.69) is 5.32 Å². The summed E-state index contributed by atoms with van der Waals surface area (Å²) in [6.45, 7) is 0. The maximum Gasteiger partial charge on any atom is 0.416 e. The molecule has 0 radical (unpaired) electrons. The molecule has 0 amide bonds. The molecule has 3 nitrogen and oxygen atoms in total. The largest absolute Gasteiger partial charge is 0.478 e. The SMILES string of the molecule is O=C(O)/C=C/Nc1cc(C(F)(F)F)ccc1Cl. The van der Waals surface area contributed by atoms with Crippen molar-refractivity contribution in [2.75, 3.05) is 5.32 Å². The quantitative estimate of drug-likeness (QED) is 0.824. The molecule has 92 valence electrons. The first-order chi connectivity index (χ1) is 7.80. The number of aliphatic carboxylic acids is 1. The molecule has 7 heteroatoms. The molecule has 1 aromatic carbocycles. The van der Waals surface area contributed by atoms with Gasteiger partial charge in [0.15, 0.2) is 0 Å². The third-order valence-corrected chi connectivity index (χ3v) is 2.09. The van der Waals surface area contributed by atoms with E-state index < -0.39 is 17.7 Å². The number of benzene rings is 1. The van der Waals surface area contributed by atoms with Crippen LogP contribution in [0.5, 0.6) is 0 Å². The highest BCUT2D eigenvalue weighted by molar-refractivity contribution is 6.33. The standard InChI is InChI=1S/C10H7ClF3NO2/c11-7-2-1-6(10(12,13)14)5-8(7)15-4-3-9(16)17/h1-5,15H,(H,16,17)/b4-3+. The van der Waals surface area contributed by atoms with Crippen LogP contribution in [0.3, 0.4) is 0 Å². The second-order valence-electron chi connectivity index (χ2n) is 3.01. The maximum atomic E-state index is 12.4. The van der Waals surface area contributed by atoms with Crippen LogP contribution >= 0.6 is 11.6 Å². The number of hydrogen-bond acceptors (Lipinski definition) is 2. The Morgan fingerprint density at radius 3 is 2.59 bits per heavy atom. The van der Waals surface area contributed by atoms with Crippen molar-refractivity contribution in [3.8, 4) is 0 Å². The van der Waals surface area contributed by atoms with Gasteiger partial charge < -0.3 is 10.4 Å². The monoisotopic (exact) mass is 265 g/mol. The predicted molar refractivity (Wildman–Crippen MR) is 56.9 cm³/mol. The van der Waals surface area contributed by atoms with Gasteiger partial charge in [0.2, 0.25) is 0 Å². The lowest BCUT2D eigenvalue weighted by molar-refractivity contribution is -0.137. The van der Waals surface area contributed by atoms with Gasteiger partial charge in [-0.1, -0.05) is 11.6 Å². The van der Waals surface area contributed by atoms with Crippen LogP contribution in [-0.2, 0) is 11.0 Å². The van der Waals surface area contributed by atoms with Crippen molar-refractivity contribution in [3.63, 3.8) is 0 Å². The molecule has 0 unspecified atom stereocenters. The van der Waals surface area contributed by atoms with Crippen molar-refractivity contribution in [3.05, 3.63) is 41.1 Å². The fraction of sp³-hybridized carbons (Fsp3) is 0.100. The predicted octanol–water partition coefficient (Wildman–Crippen LogP) is 3.37. The maximum absolute atomic E-state index is 12.4. The average Bonchev–Trinajstić information content (AvgIpc) is 2.18. The Hall–Kier alpha value is -1.69. The zero-order valence-corrected chi connectivity index (χ0v) is 9.01. The van der Waals surface area contributed by atoms with E-state index >= 15 is 0 Å². The lowest BCUT2D eigenvalue weighted by Gasteiger charge is -2.10. The third kappa shape index (κ3) is 3.99. The van der Waals surface area contributed by atoms with E-state index in [0.29, 0.717) is 0 Å². The van der Waals surface area contributed by atoms with Crippen molar-refractivity contribution < 1.29 is 23.1 Å². The number of carbonyl (C=O) groups is 1. The van der Waals surface area contributed by atoms with E-state index in [0.717, 1.165) is 30.5 Å². The molecule has 1 aromatic rings. The summed E-state index contributed by atoms with van der Waals surface area (Å²) in [5.41, 5.74) is -0.882. The van der Waals surface area contributed by atoms with Crippen LogP contribution in [0, 0.1) is 0 Å². The number of rotatable bonds is 3. The van der Waals surface area contributed by atoms with Crippen LogP contribution in [0.4, 0.5) is 18.9 Å². The lowest BCUT2D eigenvalue weighted by Crippen LogP contribution is -2.05. The molecule has 0 spiro atoms. The van der Waals surface area contributed by atoms with E-state index in [1.807, 2.05) is 0 Å². The fourth-order valence-corrected chi connectivity index (χ4v) is 1.19. The van der Waals surface area contributed by atoms with Crippen LogP contribution < -0.4 is 5.32 Å². The number of halogens is 4. The zero-order valence-electron chi connectivity index (χ0n) is 8.25. The van der Waals surface area contributed by atoms with Crippen LogP contribution in [0.25, 0.3) is 0 Å². The van der Waals surface area contributed by atoms with E-state index in [4.69, 9.17) is 16.7 Å². The first-order valence-corrected chi connectivity index (χ1v) is 4.71. The van der Waals surface area contributed by atoms with Gasteiger partial charge in [0, 0.05) is 12.3 Å². The van der Waals surface area contributed by atoms with Crippen molar-refractivity contribution >= 4 is 23.3 Å². The molecule has 17 heavy (non-hydrogen) atoms. The summed E-state index contributed by atoms with van der Waals surface area (Å²) < 4.78 is 37.1. The Morgan fingerprint density at radius 2 is 2.06 bits per heavy atom. The molecule has 0 aliphatic heterocycles. The molecule has 0 aromatic heterocycles. The van der Waals surface area contributed by atoms with Gasteiger partial charge in [0.25, 0.3) is 0 Å². The summed E-state index contributed by atoms with van der Waals surface area (Å²) >= 11 is 5.65. The van der Waals surface area contributed by atoms with Crippen LogP contribution in [0.1, 0.15) is 5.56 Å². The van der Waals surface area contributed by atoms with Gasteiger partial charge in [-0.25, -0.2) is 4.79 Å². The summed E-state index contributed by atoms with van der Waals surface area (Å²) in [6, 6.07) is 2.73. The Labute approximate surface area is 99.5 Å². The molecule has 0 aliphatic carbocycles. The first-order valence-electron chi connectivity index (χ1n) is 4.33. The number of alkyl halides is 3. The van der Waals surface area contributed by atoms with Crippen molar-refractivity contribution in [2.24, 2.45) is 0 Å². The van der Waals surface area contributed by atoms with Crippen molar-refractivity contribution in [1.82, 2.24) is 0 Å². The molecule has 0 saturated heterocycles. The second kappa shape index (κ2) is 5.09. The lowest BCUT2D eigenvalue weighted by atomic mass is 10.2. The number of carboxylic acid groups (broad SMARTS) is 1. The van der Waals surface area contributed by atoms with Gasteiger partial charge in [0.05, 0.1) is 16.3 Å². The minimum atomic E-state index is -4.47. The van der Waals surface area contributed by atoms with Gasteiger partial charge in [-0.15, -0.1) is 0 Å². The molecular weight excluding hydrogens is 259 g/mol. The van der Waals surface area contributed by atoms with Gasteiger partial charge >= 0.3 is 12.1 Å². The second-order valence-corrected chi connectivity index (χ2v) is 3.42. The average molecular weight is 266 g/mol. The molecule has 0 saturated carbocycles. The summed E-state index contributed by atoms with van der Waals surface area (Å²) in [5.74, 6) is -1.22. The van der Waals surface area contributed by atoms with Gasteiger partial charge in [-0.2, -0.15) is 13.2 Å². The number of carboxylic acids is 1.